The molecule has 2 amide bonds. The van der Waals surface area contributed by atoms with E-state index in [-0.39, 0.29) is 6.03 Å². The van der Waals surface area contributed by atoms with Gasteiger partial charge < -0.3 is 14.9 Å². The number of nitrogens with zero attached hydrogens (tertiary/aromatic N) is 2. The summed E-state index contributed by atoms with van der Waals surface area (Å²) in [6.45, 7) is 3.24. The van der Waals surface area contributed by atoms with Crippen molar-refractivity contribution in [3.05, 3.63) is 0 Å². The van der Waals surface area contributed by atoms with Crippen molar-refractivity contribution in [2.45, 2.75) is 64.0 Å². The first-order chi connectivity index (χ1) is 9.15. The van der Waals surface area contributed by atoms with Gasteiger partial charge in [-0.25, -0.2) is 9.59 Å². The zero-order chi connectivity index (χ0) is 13.8. The van der Waals surface area contributed by atoms with Crippen molar-refractivity contribution in [1.82, 2.24) is 9.80 Å². The molecule has 2 aliphatic rings. The highest BCUT2D eigenvalue weighted by Gasteiger charge is 2.36. The Balaban J connectivity index is 2.08. The quantitative estimate of drug-likeness (QED) is 0.854. The van der Waals surface area contributed by atoms with Gasteiger partial charge in [0.25, 0.3) is 0 Å². The molecule has 19 heavy (non-hydrogen) atoms. The highest BCUT2D eigenvalue weighted by molar-refractivity contribution is 5.83. The van der Waals surface area contributed by atoms with E-state index in [9.17, 15) is 14.7 Å². The van der Waals surface area contributed by atoms with Crippen molar-refractivity contribution in [2.24, 2.45) is 0 Å². The molecule has 2 rings (SSSR count). The SMILES string of the molecule is CCN(C(=O)N1CCCCC1C(=O)O)C1CCCC1. The number of carboxylic acids is 1. The number of carbonyl (C=O) groups is 2. The topological polar surface area (TPSA) is 60.9 Å². The Bertz CT molecular complexity index is 340. The molecule has 0 aromatic carbocycles. The van der Waals surface area contributed by atoms with Crippen LogP contribution in [0.3, 0.4) is 0 Å². The summed E-state index contributed by atoms with van der Waals surface area (Å²) < 4.78 is 0. The molecule has 108 valence electrons. The number of piperidine rings is 1. The van der Waals surface area contributed by atoms with E-state index in [2.05, 4.69) is 0 Å². The van der Waals surface area contributed by atoms with E-state index in [1.54, 1.807) is 4.90 Å². The first-order valence-electron chi connectivity index (χ1n) is 7.45. The van der Waals surface area contributed by atoms with Crippen LogP contribution in [-0.4, -0.2) is 52.1 Å². The molecule has 5 nitrogen and oxygen atoms in total. The summed E-state index contributed by atoms with van der Waals surface area (Å²) >= 11 is 0. The van der Waals surface area contributed by atoms with Gasteiger partial charge in [-0.2, -0.15) is 0 Å². The van der Waals surface area contributed by atoms with Crippen molar-refractivity contribution in [1.29, 1.82) is 0 Å². The number of aliphatic carboxylic acids is 1. The maximum absolute atomic E-state index is 12.6. The van der Waals surface area contributed by atoms with Crippen molar-refractivity contribution < 1.29 is 14.7 Å². The zero-order valence-electron chi connectivity index (χ0n) is 11.7. The van der Waals surface area contributed by atoms with Gasteiger partial charge >= 0.3 is 12.0 Å². The van der Waals surface area contributed by atoms with Crippen molar-refractivity contribution >= 4 is 12.0 Å². The van der Waals surface area contributed by atoms with E-state index in [1.807, 2.05) is 11.8 Å². The van der Waals surface area contributed by atoms with Gasteiger partial charge in [-0.1, -0.05) is 12.8 Å². The number of rotatable bonds is 3. The molecule has 0 bridgehead atoms. The summed E-state index contributed by atoms with van der Waals surface area (Å²) in [5.74, 6) is -0.865. The van der Waals surface area contributed by atoms with Gasteiger partial charge in [0, 0.05) is 19.1 Å². The third-order valence-corrected chi connectivity index (χ3v) is 4.39. The summed E-state index contributed by atoms with van der Waals surface area (Å²) in [4.78, 5) is 27.4. The minimum atomic E-state index is -0.865. The third kappa shape index (κ3) is 3.01. The van der Waals surface area contributed by atoms with Crippen LogP contribution in [0.1, 0.15) is 51.9 Å². The van der Waals surface area contributed by atoms with E-state index in [1.165, 1.54) is 12.8 Å². The lowest BCUT2D eigenvalue weighted by atomic mass is 10.0. The van der Waals surface area contributed by atoms with E-state index >= 15 is 0 Å². The van der Waals surface area contributed by atoms with E-state index in [0.717, 1.165) is 25.7 Å². The molecule has 1 saturated heterocycles. The maximum atomic E-state index is 12.6. The molecule has 1 heterocycles. The summed E-state index contributed by atoms with van der Waals surface area (Å²) in [5, 5.41) is 9.26. The van der Waals surface area contributed by atoms with E-state index < -0.39 is 12.0 Å². The first kappa shape index (κ1) is 14.2. The van der Waals surface area contributed by atoms with Crippen LogP contribution >= 0.6 is 0 Å². The fraction of sp³-hybridized carbons (Fsp3) is 0.857. The summed E-state index contributed by atoms with van der Waals surface area (Å²) in [6, 6.07) is -0.382. The van der Waals surface area contributed by atoms with Crippen LogP contribution in [-0.2, 0) is 4.79 Å². The van der Waals surface area contributed by atoms with Crippen LogP contribution in [0.25, 0.3) is 0 Å². The van der Waals surface area contributed by atoms with Gasteiger partial charge in [0.1, 0.15) is 6.04 Å². The standard InChI is InChI=1S/C14H24N2O3/c1-2-15(11-7-3-4-8-11)14(19)16-10-6-5-9-12(16)13(17)18/h11-12H,2-10H2,1H3,(H,17,18). The number of hydrogen-bond donors (Lipinski definition) is 1. The minimum Gasteiger partial charge on any atom is -0.480 e. The molecule has 1 unspecified atom stereocenters. The number of carbonyl (C=O) groups excluding carboxylic acids is 1. The molecule has 1 aliphatic carbocycles. The van der Waals surface area contributed by atoms with Gasteiger partial charge in [0.05, 0.1) is 0 Å². The molecule has 0 spiro atoms. The van der Waals surface area contributed by atoms with Crippen LogP contribution in [0.2, 0.25) is 0 Å². The molecule has 0 aromatic rings. The van der Waals surface area contributed by atoms with Crippen molar-refractivity contribution in [2.75, 3.05) is 13.1 Å². The van der Waals surface area contributed by atoms with Gasteiger partial charge in [0.2, 0.25) is 0 Å². The van der Waals surface area contributed by atoms with Crippen molar-refractivity contribution in [3.63, 3.8) is 0 Å². The second-order valence-electron chi connectivity index (χ2n) is 5.55. The third-order valence-electron chi connectivity index (χ3n) is 4.39. The van der Waals surface area contributed by atoms with Crippen molar-refractivity contribution in [3.8, 4) is 0 Å². The fourth-order valence-corrected chi connectivity index (χ4v) is 3.35. The predicted octanol–water partition coefficient (Wildman–Crippen LogP) is 2.31. The summed E-state index contributed by atoms with van der Waals surface area (Å²) in [7, 11) is 0. The lowest BCUT2D eigenvalue weighted by Gasteiger charge is -2.38. The summed E-state index contributed by atoms with van der Waals surface area (Å²) in [6.07, 6.45) is 6.88. The molecule has 2 fully saturated rings. The molecule has 1 N–H and O–H groups in total. The highest BCUT2D eigenvalue weighted by Crippen LogP contribution is 2.26. The predicted molar refractivity (Wildman–Crippen MR) is 72.0 cm³/mol. The second-order valence-corrected chi connectivity index (χ2v) is 5.55. The number of likely N-dealkylation sites (tertiary alicyclic amines) is 1. The number of urea groups is 1. The molecular formula is C14H24N2O3. The smallest absolute Gasteiger partial charge is 0.326 e. The Hall–Kier alpha value is -1.26. The monoisotopic (exact) mass is 268 g/mol. The number of carboxylic acid groups (broad SMARTS) is 1. The van der Waals surface area contributed by atoms with E-state index in [0.29, 0.717) is 25.6 Å². The average Bonchev–Trinajstić information content (AvgIpc) is 2.93. The largest absolute Gasteiger partial charge is 0.480 e. The molecule has 5 heteroatoms. The van der Waals surface area contributed by atoms with E-state index in [4.69, 9.17) is 0 Å². The minimum absolute atomic E-state index is 0.0681. The molecule has 0 aromatic heterocycles. The molecule has 1 saturated carbocycles. The Labute approximate surface area is 114 Å². The van der Waals surface area contributed by atoms with Crippen LogP contribution in [0.4, 0.5) is 4.79 Å². The average molecular weight is 268 g/mol. The first-order valence-corrected chi connectivity index (χ1v) is 7.45. The van der Waals surface area contributed by atoms with Gasteiger partial charge in [-0.15, -0.1) is 0 Å². The van der Waals surface area contributed by atoms with Crippen LogP contribution in [0.5, 0.6) is 0 Å². The molecule has 1 atom stereocenters. The Morgan fingerprint density at radius 3 is 2.37 bits per heavy atom. The van der Waals surface area contributed by atoms with Crippen LogP contribution in [0.15, 0.2) is 0 Å². The number of hydrogen-bond acceptors (Lipinski definition) is 2. The second kappa shape index (κ2) is 6.26. The fourth-order valence-electron chi connectivity index (χ4n) is 3.35. The number of amides is 2. The Kier molecular flexibility index (Phi) is 4.66. The molecular weight excluding hydrogens is 244 g/mol. The lowest BCUT2D eigenvalue weighted by molar-refractivity contribution is -0.143. The van der Waals surface area contributed by atoms with Crippen LogP contribution in [0, 0.1) is 0 Å². The highest BCUT2D eigenvalue weighted by atomic mass is 16.4. The Morgan fingerprint density at radius 2 is 1.79 bits per heavy atom. The van der Waals surface area contributed by atoms with Crippen LogP contribution < -0.4 is 0 Å². The normalized spacial score (nSPS) is 24.5. The van der Waals surface area contributed by atoms with Gasteiger partial charge in [-0.05, 0) is 39.0 Å². The van der Waals surface area contributed by atoms with Gasteiger partial charge in [-0.3, -0.25) is 0 Å². The molecule has 1 aliphatic heterocycles. The summed E-state index contributed by atoms with van der Waals surface area (Å²) in [5.41, 5.74) is 0. The Morgan fingerprint density at radius 1 is 1.16 bits per heavy atom. The zero-order valence-corrected chi connectivity index (χ0v) is 11.7. The maximum Gasteiger partial charge on any atom is 0.326 e. The molecule has 0 radical (unpaired) electrons. The van der Waals surface area contributed by atoms with Gasteiger partial charge in [0.15, 0.2) is 0 Å². The lowest BCUT2D eigenvalue weighted by Crippen LogP contribution is -2.55.